The van der Waals surface area contributed by atoms with Gasteiger partial charge in [-0.1, -0.05) is 6.07 Å². The molecule has 0 bridgehead atoms. The average molecular weight is 258 g/mol. The van der Waals surface area contributed by atoms with Crippen molar-refractivity contribution in [3.05, 3.63) is 29.6 Å². The van der Waals surface area contributed by atoms with Crippen LogP contribution < -0.4 is 0 Å². The molecule has 0 unspecified atom stereocenters. The molecule has 0 aliphatic rings. The Kier molecular flexibility index (Phi) is 4.15. The lowest BCUT2D eigenvalue weighted by atomic mass is 10.2. The Balaban J connectivity index is 2.41. The molecule has 0 aliphatic heterocycles. The van der Waals surface area contributed by atoms with Crippen LogP contribution in [0.2, 0.25) is 0 Å². The second-order valence-corrected chi connectivity index (χ2v) is 4.73. The number of aliphatic hydroxyl groups excluding tert-OH is 1. The number of hydrogen-bond donors (Lipinski definition) is 1. The average Bonchev–Trinajstić information content (AvgIpc) is 2.67. The number of nitriles is 1. The molecule has 0 radical (unpaired) electrons. The molecule has 0 saturated heterocycles. The van der Waals surface area contributed by atoms with Gasteiger partial charge in [-0.25, -0.2) is 4.98 Å². The number of imidazole rings is 1. The minimum absolute atomic E-state index is 0.119. The first-order valence-corrected chi connectivity index (χ1v) is 6.28. The van der Waals surface area contributed by atoms with E-state index in [4.69, 9.17) is 10.4 Å². The molecule has 5 heteroatoms. The summed E-state index contributed by atoms with van der Waals surface area (Å²) in [6, 6.07) is 8.24. The quantitative estimate of drug-likeness (QED) is 0.877. The highest BCUT2D eigenvalue weighted by Crippen LogP contribution is 2.18. The lowest BCUT2D eigenvalue weighted by Gasteiger charge is -2.14. The first kappa shape index (κ1) is 13.5. The topological polar surface area (TPSA) is 65.1 Å². The van der Waals surface area contributed by atoms with Gasteiger partial charge in [0.2, 0.25) is 0 Å². The highest BCUT2D eigenvalue weighted by Gasteiger charge is 2.12. The molecule has 5 nitrogen and oxygen atoms in total. The summed E-state index contributed by atoms with van der Waals surface area (Å²) in [5, 5.41) is 17.9. The molecular weight excluding hydrogens is 240 g/mol. The van der Waals surface area contributed by atoms with Crippen LogP contribution in [0.3, 0.4) is 0 Å². The fraction of sp³-hybridized carbons (Fsp3) is 0.429. The smallest absolute Gasteiger partial charge is 0.125 e. The molecule has 1 aromatic heterocycles. The van der Waals surface area contributed by atoms with E-state index in [1.807, 2.05) is 41.6 Å². The SMILES string of the molecule is Cc1ccc2c(c1)nc(CN(C)CCO)n2CC#N. The Morgan fingerprint density at radius 1 is 1.47 bits per heavy atom. The first-order valence-electron chi connectivity index (χ1n) is 6.28. The molecule has 0 aliphatic carbocycles. The zero-order valence-corrected chi connectivity index (χ0v) is 11.3. The third-order valence-electron chi connectivity index (χ3n) is 3.10. The van der Waals surface area contributed by atoms with Crippen molar-refractivity contribution >= 4 is 11.0 Å². The van der Waals surface area contributed by atoms with Gasteiger partial charge in [0.25, 0.3) is 0 Å². The molecule has 2 aromatic rings. The number of aliphatic hydroxyl groups is 1. The van der Waals surface area contributed by atoms with Crippen molar-refractivity contribution in [3.63, 3.8) is 0 Å². The van der Waals surface area contributed by atoms with E-state index < -0.39 is 0 Å². The predicted molar refractivity (Wildman–Crippen MR) is 73.5 cm³/mol. The lowest BCUT2D eigenvalue weighted by molar-refractivity contribution is 0.213. The Morgan fingerprint density at radius 3 is 2.95 bits per heavy atom. The molecule has 1 aromatic carbocycles. The number of hydrogen-bond acceptors (Lipinski definition) is 4. The van der Waals surface area contributed by atoms with Crippen LogP contribution in [0, 0.1) is 18.3 Å². The number of fused-ring (bicyclic) bond motifs is 1. The summed E-state index contributed by atoms with van der Waals surface area (Å²) >= 11 is 0. The van der Waals surface area contributed by atoms with Crippen LogP contribution in [0.4, 0.5) is 0 Å². The van der Waals surface area contributed by atoms with Gasteiger partial charge in [0.1, 0.15) is 12.4 Å². The number of aryl methyl sites for hydroxylation is 1. The Labute approximate surface area is 112 Å². The highest BCUT2D eigenvalue weighted by molar-refractivity contribution is 5.77. The van der Waals surface area contributed by atoms with Crippen LogP contribution in [-0.2, 0) is 13.1 Å². The van der Waals surface area contributed by atoms with Crippen LogP contribution in [0.25, 0.3) is 11.0 Å². The summed E-state index contributed by atoms with van der Waals surface area (Å²) in [6.45, 7) is 3.65. The van der Waals surface area contributed by atoms with Crippen molar-refractivity contribution in [2.24, 2.45) is 0 Å². The van der Waals surface area contributed by atoms with Crippen LogP contribution in [-0.4, -0.2) is 39.8 Å². The monoisotopic (exact) mass is 258 g/mol. The summed E-state index contributed by atoms with van der Waals surface area (Å²) in [7, 11) is 1.93. The molecule has 0 atom stereocenters. The van der Waals surface area contributed by atoms with Gasteiger partial charge in [0, 0.05) is 6.54 Å². The van der Waals surface area contributed by atoms with E-state index in [1.54, 1.807) is 0 Å². The van der Waals surface area contributed by atoms with Crippen LogP contribution >= 0.6 is 0 Å². The van der Waals surface area contributed by atoms with E-state index >= 15 is 0 Å². The van der Waals surface area contributed by atoms with Crippen molar-refractivity contribution in [1.82, 2.24) is 14.5 Å². The van der Waals surface area contributed by atoms with Gasteiger partial charge < -0.3 is 9.67 Å². The van der Waals surface area contributed by atoms with Crippen molar-refractivity contribution in [3.8, 4) is 6.07 Å². The van der Waals surface area contributed by atoms with Crippen LogP contribution in [0.5, 0.6) is 0 Å². The molecule has 0 amide bonds. The number of likely N-dealkylation sites (N-methyl/N-ethyl adjacent to an activating group) is 1. The zero-order chi connectivity index (χ0) is 13.8. The van der Waals surface area contributed by atoms with Crippen LogP contribution in [0.1, 0.15) is 11.4 Å². The molecular formula is C14H18N4O. The summed E-state index contributed by atoms with van der Waals surface area (Å²) in [5.41, 5.74) is 3.06. The maximum Gasteiger partial charge on any atom is 0.125 e. The Hall–Kier alpha value is -1.90. The minimum atomic E-state index is 0.119. The first-order chi connectivity index (χ1) is 9.15. The molecule has 1 heterocycles. The summed E-state index contributed by atoms with van der Waals surface area (Å²) < 4.78 is 1.93. The van der Waals surface area contributed by atoms with Crippen molar-refractivity contribution in [1.29, 1.82) is 5.26 Å². The molecule has 1 N–H and O–H groups in total. The van der Waals surface area contributed by atoms with Gasteiger partial charge in [-0.3, -0.25) is 4.90 Å². The van der Waals surface area contributed by atoms with Crippen molar-refractivity contribution in [2.75, 3.05) is 20.2 Å². The number of aromatic nitrogens is 2. The fourth-order valence-corrected chi connectivity index (χ4v) is 2.15. The van der Waals surface area contributed by atoms with E-state index in [9.17, 15) is 0 Å². The maximum absolute atomic E-state index is 8.96. The third kappa shape index (κ3) is 2.92. The van der Waals surface area contributed by atoms with Crippen LogP contribution in [0.15, 0.2) is 18.2 Å². The molecule has 2 rings (SSSR count). The van der Waals surface area contributed by atoms with Gasteiger partial charge in [-0.05, 0) is 31.7 Å². The predicted octanol–water partition coefficient (Wildman–Crippen LogP) is 1.29. The second kappa shape index (κ2) is 5.83. The standard InChI is InChI=1S/C14H18N4O/c1-11-3-4-13-12(9-11)16-14(18(13)6-5-15)10-17(2)7-8-19/h3-4,9,19H,6-8,10H2,1-2H3. The third-order valence-corrected chi connectivity index (χ3v) is 3.10. The van der Waals surface area contributed by atoms with E-state index in [0.717, 1.165) is 22.4 Å². The number of benzene rings is 1. The molecule has 0 spiro atoms. The molecule has 100 valence electrons. The highest BCUT2D eigenvalue weighted by atomic mass is 16.3. The van der Waals surface area contributed by atoms with Gasteiger partial charge in [0.05, 0.1) is 30.3 Å². The van der Waals surface area contributed by atoms with Gasteiger partial charge in [-0.15, -0.1) is 0 Å². The van der Waals surface area contributed by atoms with Crippen molar-refractivity contribution in [2.45, 2.75) is 20.0 Å². The normalized spacial score (nSPS) is 11.1. The Morgan fingerprint density at radius 2 is 2.26 bits per heavy atom. The van der Waals surface area contributed by atoms with Crippen molar-refractivity contribution < 1.29 is 5.11 Å². The fourth-order valence-electron chi connectivity index (χ4n) is 2.15. The minimum Gasteiger partial charge on any atom is -0.395 e. The van der Waals surface area contributed by atoms with Gasteiger partial charge in [0.15, 0.2) is 0 Å². The summed E-state index contributed by atoms with van der Waals surface area (Å²) in [5.74, 6) is 0.859. The maximum atomic E-state index is 8.96. The Bertz CT molecular complexity index is 612. The molecule has 0 fully saturated rings. The van der Waals surface area contributed by atoms with E-state index in [0.29, 0.717) is 19.6 Å². The lowest BCUT2D eigenvalue weighted by Crippen LogP contribution is -2.23. The molecule has 19 heavy (non-hydrogen) atoms. The van der Waals surface area contributed by atoms with Gasteiger partial charge in [-0.2, -0.15) is 5.26 Å². The van der Waals surface area contributed by atoms with E-state index in [-0.39, 0.29) is 6.61 Å². The van der Waals surface area contributed by atoms with E-state index in [2.05, 4.69) is 11.1 Å². The number of rotatable bonds is 5. The molecule has 0 saturated carbocycles. The largest absolute Gasteiger partial charge is 0.395 e. The second-order valence-electron chi connectivity index (χ2n) is 4.73. The number of nitrogens with zero attached hydrogens (tertiary/aromatic N) is 4. The summed E-state index contributed by atoms with van der Waals surface area (Å²) in [6.07, 6.45) is 0. The zero-order valence-electron chi connectivity index (χ0n) is 11.3. The summed E-state index contributed by atoms with van der Waals surface area (Å²) in [4.78, 5) is 6.59. The van der Waals surface area contributed by atoms with Gasteiger partial charge >= 0.3 is 0 Å². The van der Waals surface area contributed by atoms with E-state index in [1.165, 1.54) is 0 Å².